The Morgan fingerprint density at radius 2 is 1.37 bits per heavy atom. The molecular formula is C28H28Cl3N3O. The minimum Gasteiger partial charge on any atom is -0.325 e. The minimum atomic E-state index is -0.780. The molecule has 4 nitrogen and oxygen atoms in total. The zero-order valence-electron chi connectivity index (χ0n) is 19.4. The van der Waals surface area contributed by atoms with Gasteiger partial charge in [-0.2, -0.15) is 0 Å². The highest BCUT2D eigenvalue weighted by Crippen LogP contribution is 2.34. The zero-order valence-corrected chi connectivity index (χ0v) is 21.8. The molecule has 0 saturated heterocycles. The summed E-state index contributed by atoms with van der Waals surface area (Å²) in [4.78, 5) is 17.4. The molecule has 1 amide bonds. The van der Waals surface area contributed by atoms with Gasteiger partial charge >= 0.3 is 0 Å². The van der Waals surface area contributed by atoms with Crippen LogP contribution in [-0.2, 0) is 4.79 Å². The first-order chi connectivity index (χ1) is 16.0. The van der Waals surface area contributed by atoms with E-state index < -0.39 is 6.04 Å². The highest BCUT2D eigenvalue weighted by atomic mass is 35.5. The Bertz CT molecular complexity index is 1210. The third-order valence-corrected chi connectivity index (χ3v) is 6.12. The monoisotopic (exact) mass is 527 g/mol. The number of nitrogens with zero attached hydrogens (tertiary/aromatic N) is 1. The van der Waals surface area contributed by atoms with E-state index in [2.05, 4.69) is 10.3 Å². The summed E-state index contributed by atoms with van der Waals surface area (Å²) >= 11 is 6.62. The van der Waals surface area contributed by atoms with Gasteiger partial charge in [0.25, 0.3) is 0 Å². The Kier molecular flexibility index (Phi) is 10.3. The van der Waals surface area contributed by atoms with Crippen LogP contribution in [-0.4, -0.2) is 16.9 Å². The predicted octanol–water partition coefficient (Wildman–Crippen LogP) is 6.96. The van der Waals surface area contributed by atoms with E-state index in [1.807, 2.05) is 99.0 Å². The Morgan fingerprint density at radius 3 is 1.86 bits per heavy atom. The van der Waals surface area contributed by atoms with Gasteiger partial charge in [0.15, 0.2) is 0 Å². The number of halogens is 3. The van der Waals surface area contributed by atoms with Crippen molar-refractivity contribution < 1.29 is 4.79 Å². The molecule has 0 bridgehead atoms. The highest BCUT2D eigenvalue weighted by molar-refractivity contribution is 6.33. The molecule has 1 aromatic heterocycles. The molecule has 0 saturated carbocycles. The molecule has 1 atom stereocenters. The number of pyridine rings is 1. The average Bonchev–Trinajstić information content (AvgIpc) is 2.82. The van der Waals surface area contributed by atoms with Crippen LogP contribution < -0.4 is 11.1 Å². The average molecular weight is 529 g/mol. The molecule has 1 heterocycles. The van der Waals surface area contributed by atoms with Crippen molar-refractivity contribution in [3.63, 3.8) is 0 Å². The van der Waals surface area contributed by atoms with Crippen LogP contribution in [0.5, 0.6) is 0 Å². The van der Waals surface area contributed by atoms with Crippen LogP contribution >= 0.6 is 36.4 Å². The number of benzene rings is 3. The summed E-state index contributed by atoms with van der Waals surface area (Å²) in [5.41, 5.74) is 13.2. The number of hydrogen-bond acceptors (Lipinski definition) is 3. The van der Waals surface area contributed by atoms with E-state index in [1.54, 1.807) is 6.07 Å². The third-order valence-electron chi connectivity index (χ3n) is 5.81. The molecule has 7 heteroatoms. The van der Waals surface area contributed by atoms with Crippen LogP contribution in [0.1, 0.15) is 28.2 Å². The number of nitrogens with two attached hydrogens (primary N) is 1. The van der Waals surface area contributed by atoms with Gasteiger partial charge in [-0.3, -0.25) is 9.78 Å². The van der Waals surface area contributed by atoms with Gasteiger partial charge in [0, 0.05) is 29.6 Å². The van der Waals surface area contributed by atoms with E-state index in [1.165, 1.54) is 0 Å². The fourth-order valence-corrected chi connectivity index (χ4v) is 4.50. The van der Waals surface area contributed by atoms with Gasteiger partial charge < -0.3 is 11.1 Å². The Hall–Kier alpha value is -2.89. The minimum absolute atomic E-state index is 0. The smallest absolute Gasteiger partial charge is 0.242 e. The summed E-state index contributed by atoms with van der Waals surface area (Å²) in [5.74, 6) is -0.544. The summed E-state index contributed by atoms with van der Waals surface area (Å²) in [6.07, 6.45) is 3.64. The molecule has 0 aliphatic carbocycles. The molecule has 0 radical (unpaired) electrons. The van der Waals surface area contributed by atoms with Crippen molar-refractivity contribution in [2.24, 2.45) is 5.73 Å². The molecule has 0 aliphatic heterocycles. The maximum Gasteiger partial charge on any atom is 0.242 e. The Balaban J connectivity index is 0.00000216. The lowest BCUT2D eigenvalue weighted by Gasteiger charge is -2.24. The third kappa shape index (κ3) is 6.41. The van der Waals surface area contributed by atoms with Crippen molar-refractivity contribution in [3.8, 4) is 11.1 Å². The number of rotatable bonds is 6. The maximum absolute atomic E-state index is 13.2. The number of aryl methyl sites for hydroxylation is 2. The molecule has 0 unspecified atom stereocenters. The normalized spacial score (nSPS) is 11.2. The molecule has 0 spiro atoms. The molecule has 0 fully saturated rings. The van der Waals surface area contributed by atoms with E-state index in [-0.39, 0.29) is 36.6 Å². The van der Waals surface area contributed by atoms with Crippen molar-refractivity contribution in [1.29, 1.82) is 0 Å². The first-order valence-electron chi connectivity index (χ1n) is 10.8. The molecule has 35 heavy (non-hydrogen) atoms. The number of nitrogens with one attached hydrogen (secondary N) is 1. The summed E-state index contributed by atoms with van der Waals surface area (Å²) in [5, 5.41) is 3.51. The quantitative estimate of drug-likeness (QED) is 0.284. The first-order valence-corrected chi connectivity index (χ1v) is 11.2. The Morgan fingerprint density at radius 1 is 0.857 bits per heavy atom. The van der Waals surface area contributed by atoms with Gasteiger partial charge in [0.2, 0.25) is 5.91 Å². The summed E-state index contributed by atoms with van der Waals surface area (Å²) in [7, 11) is 0. The van der Waals surface area contributed by atoms with Crippen LogP contribution in [0.3, 0.4) is 0 Å². The van der Waals surface area contributed by atoms with E-state index >= 15 is 0 Å². The first kappa shape index (κ1) is 28.3. The second kappa shape index (κ2) is 12.7. The largest absolute Gasteiger partial charge is 0.325 e. The fourth-order valence-electron chi connectivity index (χ4n) is 4.23. The number of carbonyl (C=O) groups is 1. The summed E-state index contributed by atoms with van der Waals surface area (Å²) in [6.45, 7) is 4.02. The van der Waals surface area contributed by atoms with Gasteiger partial charge in [-0.05, 0) is 53.8 Å². The topological polar surface area (TPSA) is 68.0 Å². The van der Waals surface area contributed by atoms with E-state index in [0.29, 0.717) is 10.7 Å². The summed E-state index contributed by atoms with van der Waals surface area (Å²) < 4.78 is 0. The van der Waals surface area contributed by atoms with Crippen LogP contribution in [0.15, 0.2) is 91.3 Å². The van der Waals surface area contributed by atoms with Crippen molar-refractivity contribution in [1.82, 2.24) is 4.98 Å². The van der Waals surface area contributed by atoms with E-state index in [0.717, 1.165) is 33.4 Å². The van der Waals surface area contributed by atoms with Crippen LogP contribution in [0, 0.1) is 13.8 Å². The van der Waals surface area contributed by atoms with E-state index in [4.69, 9.17) is 17.3 Å². The predicted molar refractivity (Wildman–Crippen MR) is 150 cm³/mol. The second-order valence-corrected chi connectivity index (χ2v) is 8.56. The number of anilines is 1. The lowest BCUT2D eigenvalue weighted by Crippen LogP contribution is -2.41. The van der Waals surface area contributed by atoms with Crippen molar-refractivity contribution in [2.75, 3.05) is 5.32 Å². The van der Waals surface area contributed by atoms with Gasteiger partial charge in [0.1, 0.15) is 0 Å². The van der Waals surface area contributed by atoms with Crippen molar-refractivity contribution in [3.05, 3.63) is 119 Å². The number of amides is 1. The van der Waals surface area contributed by atoms with E-state index in [9.17, 15) is 4.79 Å². The standard InChI is InChI=1S/C28H26ClN3O.2ClH/c1-18-16-31-17-19(2)25(18)23-14-13-22(15-24(23)29)32-28(33)27(30)26(20-9-5-3-6-10-20)21-11-7-4-8-12-21;;/h3-17,26-27H,30H2,1-2H3,(H,32,33);2*1H/t27-;;/m0../s1. The van der Waals surface area contributed by atoms with Crippen LogP contribution in [0.4, 0.5) is 5.69 Å². The summed E-state index contributed by atoms with van der Waals surface area (Å²) in [6, 6.07) is 24.5. The number of hydrogen-bond donors (Lipinski definition) is 2. The van der Waals surface area contributed by atoms with Gasteiger partial charge in [-0.1, -0.05) is 78.3 Å². The van der Waals surface area contributed by atoms with Crippen LogP contribution in [0.25, 0.3) is 11.1 Å². The molecule has 3 aromatic carbocycles. The van der Waals surface area contributed by atoms with Crippen LogP contribution in [0.2, 0.25) is 5.02 Å². The lowest BCUT2D eigenvalue weighted by molar-refractivity contribution is -0.117. The maximum atomic E-state index is 13.2. The molecule has 4 rings (SSSR count). The molecule has 3 N–H and O–H groups in total. The Labute approximate surface area is 223 Å². The molecule has 0 aliphatic rings. The molecule has 4 aromatic rings. The lowest BCUT2D eigenvalue weighted by atomic mass is 9.85. The van der Waals surface area contributed by atoms with Gasteiger partial charge in [-0.25, -0.2) is 0 Å². The fraction of sp³-hybridized carbons (Fsp3) is 0.143. The zero-order chi connectivity index (χ0) is 23.4. The number of aromatic nitrogens is 1. The SMILES string of the molecule is Cc1cncc(C)c1-c1ccc(NC(=O)[C@@H](N)C(c2ccccc2)c2ccccc2)cc1Cl.Cl.Cl. The van der Waals surface area contributed by atoms with Crippen molar-refractivity contribution in [2.45, 2.75) is 25.8 Å². The highest BCUT2D eigenvalue weighted by Gasteiger charge is 2.28. The van der Waals surface area contributed by atoms with Crippen molar-refractivity contribution >= 4 is 48.0 Å². The second-order valence-electron chi connectivity index (χ2n) is 8.16. The van der Waals surface area contributed by atoms with Gasteiger partial charge in [-0.15, -0.1) is 24.8 Å². The molecular weight excluding hydrogens is 501 g/mol. The molecule has 182 valence electrons. The van der Waals surface area contributed by atoms with Gasteiger partial charge in [0.05, 0.1) is 11.1 Å². The number of carbonyl (C=O) groups excluding carboxylic acids is 1.